The predicted octanol–water partition coefficient (Wildman–Crippen LogP) is 1.83. The smallest absolute Gasteiger partial charge is 0.0834 e. The van der Waals surface area contributed by atoms with E-state index in [0.717, 1.165) is 43.4 Å². The standard InChI is InChI=1S/C14H25ClN4O/c1-5-14(2,19-6-8-20-9-7-19)13(16-3)12-11(15)10-17-18(12)4/h10,13,16H,5-9H2,1-4H3. The number of aryl methyl sites for hydroxylation is 1. The first-order valence-corrected chi connectivity index (χ1v) is 7.59. The molecule has 1 fully saturated rings. The van der Waals surface area contributed by atoms with Gasteiger partial charge in [-0.25, -0.2) is 0 Å². The van der Waals surface area contributed by atoms with Crippen LogP contribution in [0.5, 0.6) is 0 Å². The van der Waals surface area contributed by atoms with Crippen molar-refractivity contribution in [2.45, 2.75) is 31.8 Å². The maximum absolute atomic E-state index is 6.35. The molecule has 0 aliphatic carbocycles. The van der Waals surface area contributed by atoms with E-state index in [-0.39, 0.29) is 11.6 Å². The molecule has 2 unspecified atom stereocenters. The average molecular weight is 301 g/mol. The summed E-state index contributed by atoms with van der Waals surface area (Å²) in [7, 11) is 3.93. The van der Waals surface area contributed by atoms with Crippen molar-refractivity contribution in [1.82, 2.24) is 20.0 Å². The van der Waals surface area contributed by atoms with E-state index in [0.29, 0.717) is 0 Å². The number of hydrogen-bond acceptors (Lipinski definition) is 4. The third-order valence-electron chi connectivity index (χ3n) is 4.57. The summed E-state index contributed by atoms with van der Waals surface area (Å²) in [5, 5.41) is 8.45. The van der Waals surface area contributed by atoms with Gasteiger partial charge in [0.15, 0.2) is 0 Å². The first kappa shape index (κ1) is 15.8. The van der Waals surface area contributed by atoms with Crippen LogP contribution >= 0.6 is 11.6 Å². The highest BCUT2D eigenvalue weighted by molar-refractivity contribution is 6.31. The van der Waals surface area contributed by atoms with Gasteiger partial charge >= 0.3 is 0 Å². The number of rotatable bonds is 5. The molecule has 0 bridgehead atoms. The Labute approximate surface area is 126 Å². The van der Waals surface area contributed by atoms with Crippen LogP contribution in [0.1, 0.15) is 32.0 Å². The van der Waals surface area contributed by atoms with Gasteiger partial charge in [0.1, 0.15) is 0 Å². The Morgan fingerprint density at radius 1 is 1.50 bits per heavy atom. The zero-order valence-corrected chi connectivity index (χ0v) is 13.6. The predicted molar refractivity (Wildman–Crippen MR) is 81.1 cm³/mol. The van der Waals surface area contributed by atoms with E-state index >= 15 is 0 Å². The number of likely N-dealkylation sites (N-methyl/N-ethyl adjacent to an activating group) is 1. The first-order valence-electron chi connectivity index (χ1n) is 7.22. The van der Waals surface area contributed by atoms with E-state index in [2.05, 4.69) is 29.2 Å². The third kappa shape index (κ3) is 2.72. The van der Waals surface area contributed by atoms with Crippen LogP contribution in [-0.4, -0.2) is 53.6 Å². The molecule has 1 aromatic rings. The molecule has 2 atom stereocenters. The van der Waals surface area contributed by atoms with Gasteiger partial charge in [0.2, 0.25) is 0 Å². The molecule has 1 aromatic heterocycles. The molecule has 114 valence electrons. The van der Waals surface area contributed by atoms with E-state index in [1.54, 1.807) is 6.20 Å². The number of morpholine rings is 1. The highest BCUT2D eigenvalue weighted by atomic mass is 35.5. The van der Waals surface area contributed by atoms with E-state index in [4.69, 9.17) is 16.3 Å². The zero-order chi connectivity index (χ0) is 14.8. The molecule has 1 N–H and O–H groups in total. The summed E-state index contributed by atoms with van der Waals surface area (Å²) in [4.78, 5) is 2.50. The molecular formula is C14H25ClN4O. The number of nitrogens with zero attached hydrogens (tertiary/aromatic N) is 3. The van der Waals surface area contributed by atoms with Crippen LogP contribution in [0.4, 0.5) is 0 Å². The van der Waals surface area contributed by atoms with Crippen molar-refractivity contribution in [3.05, 3.63) is 16.9 Å². The highest BCUT2D eigenvalue weighted by Crippen LogP contribution is 2.37. The Hall–Kier alpha value is -0.620. The molecule has 1 aliphatic heterocycles. The second-order valence-corrected chi connectivity index (χ2v) is 5.94. The van der Waals surface area contributed by atoms with Gasteiger partial charge in [-0.3, -0.25) is 9.58 Å². The van der Waals surface area contributed by atoms with Gasteiger partial charge in [-0.05, 0) is 20.4 Å². The number of hydrogen-bond donors (Lipinski definition) is 1. The van der Waals surface area contributed by atoms with Crippen LogP contribution in [0.2, 0.25) is 5.02 Å². The second-order valence-electron chi connectivity index (χ2n) is 5.53. The first-order chi connectivity index (χ1) is 9.54. The molecule has 0 amide bonds. The van der Waals surface area contributed by atoms with Crippen LogP contribution < -0.4 is 5.32 Å². The van der Waals surface area contributed by atoms with E-state index in [9.17, 15) is 0 Å². The Morgan fingerprint density at radius 2 is 2.15 bits per heavy atom. The molecule has 0 saturated carbocycles. The van der Waals surface area contributed by atoms with Crippen LogP contribution in [0.25, 0.3) is 0 Å². The van der Waals surface area contributed by atoms with E-state index in [1.165, 1.54) is 0 Å². The van der Waals surface area contributed by atoms with Gasteiger partial charge in [0, 0.05) is 25.7 Å². The maximum atomic E-state index is 6.35. The number of nitrogens with one attached hydrogen (secondary N) is 1. The van der Waals surface area contributed by atoms with Crippen molar-refractivity contribution >= 4 is 11.6 Å². The Balaban J connectivity index is 2.36. The summed E-state index contributed by atoms with van der Waals surface area (Å²) in [6.07, 6.45) is 2.75. The van der Waals surface area contributed by atoms with Crippen LogP contribution in [0.3, 0.4) is 0 Å². The van der Waals surface area contributed by atoms with Crippen LogP contribution in [0.15, 0.2) is 6.20 Å². The lowest BCUT2D eigenvalue weighted by Crippen LogP contribution is -2.57. The van der Waals surface area contributed by atoms with Crippen molar-refractivity contribution in [3.63, 3.8) is 0 Å². The minimum atomic E-state index is -0.0179. The molecule has 5 nitrogen and oxygen atoms in total. The van der Waals surface area contributed by atoms with Gasteiger partial charge in [0.25, 0.3) is 0 Å². The molecule has 1 saturated heterocycles. The fourth-order valence-electron chi connectivity index (χ4n) is 3.17. The molecule has 0 radical (unpaired) electrons. The molecular weight excluding hydrogens is 276 g/mol. The summed E-state index contributed by atoms with van der Waals surface area (Å²) in [5.41, 5.74) is 1.03. The fourth-order valence-corrected chi connectivity index (χ4v) is 3.45. The molecule has 0 aromatic carbocycles. The Bertz CT molecular complexity index is 425. The summed E-state index contributed by atoms with van der Waals surface area (Å²) in [5.74, 6) is 0. The van der Waals surface area contributed by atoms with Gasteiger partial charge < -0.3 is 10.1 Å². The van der Waals surface area contributed by atoms with Crippen molar-refractivity contribution in [1.29, 1.82) is 0 Å². The quantitative estimate of drug-likeness (QED) is 0.901. The van der Waals surface area contributed by atoms with Crippen molar-refractivity contribution in [3.8, 4) is 0 Å². The summed E-state index contributed by atoms with van der Waals surface area (Å²) in [6.45, 7) is 8.03. The number of ether oxygens (including phenoxy) is 1. The van der Waals surface area contributed by atoms with Crippen molar-refractivity contribution in [2.24, 2.45) is 7.05 Å². The molecule has 2 rings (SSSR count). The minimum absolute atomic E-state index is 0.0179. The normalized spacial score (nSPS) is 21.6. The van der Waals surface area contributed by atoms with Gasteiger partial charge in [0.05, 0.1) is 36.2 Å². The lowest BCUT2D eigenvalue weighted by Gasteiger charge is -2.47. The molecule has 0 spiro atoms. The highest BCUT2D eigenvalue weighted by Gasteiger charge is 2.41. The molecule has 6 heteroatoms. The maximum Gasteiger partial charge on any atom is 0.0834 e. The monoisotopic (exact) mass is 300 g/mol. The molecule has 1 aliphatic rings. The second kappa shape index (κ2) is 6.43. The Morgan fingerprint density at radius 3 is 2.60 bits per heavy atom. The Kier molecular flexibility index (Phi) is 5.07. The third-order valence-corrected chi connectivity index (χ3v) is 4.86. The summed E-state index contributed by atoms with van der Waals surface area (Å²) >= 11 is 6.35. The SMILES string of the molecule is CCC(C)(C(NC)c1c(Cl)cnn1C)N1CCOCC1. The van der Waals surface area contributed by atoms with Gasteiger partial charge in [-0.1, -0.05) is 18.5 Å². The zero-order valence-electron chi connectivity index (χ0n) is 12.8. The van der Waals surface area contributed by atoms with Crippen molar-refractivity contribution < 1.29 is 4.74 Å². The fraction of sp³-hybridized carbons (Fsp3) is 0.786. The van der Waals surface area contributed by atoms with Crippen LogP contribution in [0, 0.1) is 0 Å². The average Bonchev–Trinajstić information content (AvgIpc) is 2.81. The number of aromatic nitrogens is 2. The lowest BCUT2D eigenvalue weighted by atomic mass is 9.84. The van der Waals surface area contributed by atoms with E-state index < -0.39 is 0 Å². The van der Waals surface area contributed by atoms with Crippen LogP contribution in [-0.2, 0) is 11.8 Å². The van der Waals surface area contributed by atoms with Gasteiger partial charge in [-0.15, -0.1) is 0 Å². The van der Waals surface area contributed by atoms with Gasteiger partial charge in [-0.2, -0.15) is 5.10 Å². The number of halogens is 1. The topological polar surface area (TPSA) is 42.3 Å². The largest absolute Gasteiger partial charge is 0.379 e. The van der Waals surface area contributed by atoms with Crippen molar-refractivity contribution in [2.75, 3.05) is 33.4 Å². The lowest BCUT2D eigenvalue weighted by molar-refractivity contribution is -0.0329. The van der Waals surface area contributed by atoms with E-state index in [1.807, 2.05) is 18.8 Å². The molecule has 2 heterocycles. The summed E-state index contributed by atoms with van der Waals surface area (Å²) in [6, 6.07) is 0.130. The minimum Gasteiger partial charge on any atom is -0.379 e. The summed E-state index contributed by atoms with van der Waals surface area (Å²) < 4.78 is 7.36. The molecule has 20 heavy (non-hydrogen) atoms.